The van der Waals surface area contributed by atoms with Crippen LogP contribution in [0.15, 0.2) is 34.1 Å². The standard InChI is InChI=1S/C12H9BrFNOS/c13-7-3-12(17-6-7)11-5-15-9-2-1-8(14)4-10(9)16-11/h1-4,6,11,15H,5H2. The maximum absolute atomic E-state index is 13.1. The quantitative estimate of drug-likeness (QED) is 0.852. The largest absolute Gasteiger partial charge is 0.481 e. The predicted molar refractivity (Wildman–Crippen MR) is 70.3 cm³/mol. The summed E-state index contributed by atoms with van der Waals surface area (Å²) >= 11 is 5.05. The molecule has 2 aromatic rings. The lowest BCUT2D eigenvalue weighted by Crippen LogP contribution is -2.22. The summed E-state index contributed by atoms with van der Waals surface area (Å²) in [6, 6.07) is 6.57. The molecule has 0 spiro atoms. The van der Waals surface area contributed by atoms with Gasteiger partial charge in [0, 0.05) is 20.8 Å². The molecule has 0 amide bonds. The Balaban J connectivity index is 1.89. The van der Waals surface area contributed by atoms with Gasteiger partial charge in [-0.3, -0.25) is 0 Å². The van der Waals surface area contributed by atoms with Gasteiger partial charge in [-0.15, -0.1) is 11.3 Å². The second-order valence-corrected chi connectivity index (χ2v) is 5.65. The Morgan fingerprint density at radius 1 is 1.41 bits per heavy atom. The summed E-state index contributed by atoms with van der Waals surface area (Å²) in [5.74, 6) is 0.296. The van der Waals surface area contributed by atoms with Crippen molar-refractivity contribution in [2.75, 3.05) is 11.9 Å². The van der Waals surface area contributed by atoms with Gasteiger partial charge in [-0.2, -0.15) is 0 Å². The number of hydrogen-bond acceptors (Lipinski definition) is 3. The summed E-state index contributed by atoms with van der Waals surface area (Å²) < 4.78 is 20.0. The minimum Gasteiger partial charge on any atom is -0.481 e. The van der Waals surface area contributed by atoms with E-state index in [1.807, 2.05) is 11.4 Å². The fourth-order valence-corrected chi connectivity index (χ4v) is 3.27. The molecule has 0 saturated heterocycles. The Kier molecular flexibility index (Phi) is 2.80. The zero-order valence-corrected chi connectivity index (χ0v) is 11.1. The van der Waals surface area contributed by atoms with Gasteiger partial charge in [0.2, 0.25) is 0 Å². The Morgan fingerprint density at radius 2 is 2.29 bits per heavy atom. The number of benzene rings is 1. The second-order valence-electron chi connectivity index (χ2n) is 3.80. The molecule has 1 aliphatic rings. The number of anilines is 1. The van der Waals surface area contributed by atoms with Crippen LogP contribution >= 0.6 is 27.3 Å². The van der Waals surface area contributed by atoms with Crippen molar-refractivity contribution in [3.8, 4) is 5.75 Å². The van der Waals surface area contributed by atoms with Crippen LogP contribution in [0.3, 0.4) is 0 Å². The molecule has 88 valence electrons. The minimum absolute atomic E-state index is 0.0550. The molecule has 0 radical (unpaired) electrons. The number of halogens is 2. The Bertz CT molecular complexity index is 557. The van der Waals surface area contributed by atoms with Crippen LogP contribution in [0.4, 0.5) is 10.1 Å². The number of nitrogens with one attached hydrogen (secondary N) is 1. The third kappa shape index (κ3) is 2.17. The highest BCUT2D eigenvalue weighted by molar-refractivity contribution is 9.10. The molecule has 1 unspecified atom stereocenters. The summed E-state index contributed by atoms with van der Waals surface area (Å²) in [6.45, 7) is 0.700. The fourth-order valence-electron chi connectivity index (χ4n) is 1.79. The topological polar surface area (TPSA) is 21.3 Å². The summed E-state index contributed by atoms with van der Waals surface area (Å²) in [4.78, 5) is 1.12. The highest BCUT2D eigenvalue weighted by Gasteiger charge is 2.22. The van der Waals surface area contributed by atoms with Crippen LogP contribution in [0.1, 0.15) is 11.0 Å². The average Bonchev–Trinajstić information content (AvgIpc) is 2.75. The molecule has 17 heavy (non-hydrogen) atoms. The van der Waals surface area contributed by atoms with Gasteiger partial charge in [-0.1, -0.05) is 0 Å². The van der Waals surface area contributed by atoms with E-state index in [1.165, 1.54) is 12.1 Å². The van der Waals surface area contributed by atoms with Gasteiger partial charge in [-0.25, -0.2) is 4.39 Å². The van der Waals surface area contributed by atoms with Gasteiger partial charge in [0.05, 0.1) is 12.2 Å². The van der Waals surface area contributed by atoms with Gasteiger partial charge in [0.1, 0.15) is 11.6 Å². The molecule has 3 rings (SSSR count). The van der Waals surface area contributed by atoms with Crippen molar-refractivity contribution in [3.63, 3.8) is 0 Å². The monoisotopic (exact) mass is 313 g/mol. The van der Waals surface area contributed by atoms with Gasteiger partial charge < -0.3 is 10.1 Å². The zero-order chi connectivity index (χ0) is 11.8. The number of ether oxygens (including phenoxy) is 1. The Labute approximate surface area is 111 Å². The first-order chi connectivity index (χ1) is 8.22. The molecular weight excluding hydrogens is 305 g/mol. The molecule has 0 fully saturated rings. The highest BCUT2D eigenvalue weighted by atomic mass is 79.9. The summed E-state index contributed by atoms with van der Waals surface area (Å²) in [7, 11) is 0. The molecule has 5 heteroatoms. The molecule has 0 saturated carbocycles. The van der Waals surface area contributed by atoms with E-state index in [4.69, 9.17) is 4.74 Å². The lowest BCUT2D eigenvalue weighted by Gasteiger charge is -2.26. The lowest BCUT2D eigenvalue weighted by atomic mass is 10.2. The molecule has 2 nitrogen and oxygen atoms in total. The van der Waals surface area contributed by atoms with E-state index >= 15 is 0 Å². The first kappa shape index (κ1) is 11.0. The van der Waals surface area contributed by atoms with Crippen molar-refractivity contribution in [1.82, 2.24) is 0 Å². The smallest absolute Gasteiger partial charge is 0.150 e. The maximum atomic E-state index is 13.1. The molecule has 0 aliphatic carbocycles. The van der Waals surface area contributed by atoms with Crippen molar-refractivity contribution in [1.29, 1.82) is 0 Å². The number of rotatable bonds is 1. The van der Waals surface area contributed by atoms with E-state index < -0.39 is 0 Å². The van der Waals surface area contributed by atoms with Crippen LogP contribution in [0, 0.1) is 5.82 Å². The number of fused-ring (bicyclic) bond motifs is 1. The van der Waals surface area contributed by atoms with Crippen LogP contribution in [-0.2, 0) is 0 Å². The molecule has 0 bridgehead atoms. The van der Waals surface area contributed by atoms with E-state index in [1.54, 1.807) is 17.4 Å². The third-order valence-electron chi connectivity index (χ3n) is 2.60. The summed E-state index contributed by atoms with van der Waals surface area (Å²) in [5, 5.41) is 5.26. The van der Waals surface area contributed by atoms with Crippen molar-refractivity contribution in [2.24, 2.45) is 0 Å². The first-order valence-corrected chi connectivity index (χ1v) is 6.83. The van der Waals surface area contributed by atoms with E-state index in [0.717, 1.165) is 15.0 Å². The second kappa shape index (κ2) is 4.31. The molecule has 2 heterocycles. The van der Waals surface area contributed by atoms with E-state index in [0.29, 0.717) is 12.3 Å². The van der Waals surface area contributed by atoms with Gasteiger partial charge in [-0.05, 0) is 34.1 Å². The van der Waals surface area contributed by atoms with Crippen molar-refractivity contribution in [3.05, 3.63) is 44.8 Å². The van der Waals surface area contributed by atoms with E-state index in [9.17, 15) is 4.39 Å². The van der Waals surface area contributed by atoms with Crippen molar-refractivity contribution < 1.29 is 9.13 Å². The molecule has 1 N–H and O–H groups in total. The third-order valence-corrected chi connectivity index (χ3v) is 4.38. The van der Waals surface area contributed by atoms with E-state index in [2.05, 4.69) is 21.2 Å². The van der Waals surface area contributed by atoms with Crippen LogP contribution < -0.4 is 10.1 Å². The summed E-state index contributed by atoms with van der Waals surface area (Å²) in [6.07, 6.45) is -0.0550. The molecule has 1 atom stereocenters. The SMILES string of the molecule is Fc1ccc2c(c1)OC(c1cc(Br)cs1)CN2. The van der Waals surface area contributed by atoms with Gasteiger partial charge in [0.15, 0.2) is 6.10 Å². The molecule has 1 aromatic heterocycles. The normalized spacial score (nSPS) is 18.1. The molecular formula is C12H9BrFNOS. The zero-order valence-electron chi connectivity index (χ0n) is 8.74. The van der Waals surface area contributed by atoms with Crippen molar-refractivity contribution in [2.45, 2.75) is 6.10 Å². The minimum atomic E-state index is -0.279. The lowest BCUT2D eigenvalue weighted by molar-refractivity contribution is 0.213. The summed E-state index contributed by atoms with van der Waals surface area (Å²) in [5.41, 5.74) is 0.846. The highest BCUT2D eigenvalue weighted by Crippen LogP contribution is 2.36. The maximum Gasteiger partial charge on any atom is 0.150 e. The van der Waals surface area contributed by atoms with Crippen LogP contribution in [0.2, 0.25) is 0 Å². The van der Waals surface area contributed by atoms with E-state index in [-0.39, 0.29) is 11.9 Å². The molecule has 1 aromatic carbocycles. The van der Waals surface area contributed by atoms with Crippen LogP contribution in [-0.4, -0.2) is 6.54 Å². The Morgan fingerprint density at radius 3 is 3.06 bits per heavy atom. The van der Waals surface area contributed by atoms with Gasteiger partial charge in [0.25, 0.3) is 0 Å². The van der Waals surface area contributed by atoms with Gasteiger partial charge >= 0.3 is 0 Å². The first-order valence-electron chi connectivity index (χ1n) is 5.16. The van der Waals surface area contributed by atoms with Crippen LogP contribution in [0.5, 0.6) is 5.75 Å². The Hall–Kier alpha value is -1.07. The number of hydrogen-bond donors (Lipinski definition) is 1. The van der Waals surface area contributed by atoms with Crippen LogP contribution in [0.25, 0.3) is 0 Å². The average molecular weight is 314 g/mol. The molecule has 1 aliphatic heterocycles. The predicted octanol–water partition coefficient (Wildman–Crippen LogP) is 4.20. The number of thiophene rings is 1. The fraction of sp³-hybridized carbons (Fsp3) is 0.167. The van der Waals surface area contributed by atoms with Crippen molar-refractivity contribution >= 4 is 33.0 Å².